The Morgan fingerprint density at radius 3 is 2.33 bits per heavy atom. The average molecular weight is 212 g/mol. The molecule has 15 heavy (non-hydrogen) atoms. The minimum Gasteiger partial charge on any atom is -0.328 e. The molecule has 0 saturated heterocycles. The van der Waals surface area contributed by atoms with Crippen LogP contribution < -0.4 is 11.1 Å². The lowest BCUT2D eigenvalue weighted by molar-refractivity contribution is 0.328. The van der Waals surface area contributed by atoms with E-state index in [2.05, 4.69) is 39.9 Å². The second-order valence-electron chi connectivity index (χ2n) is 7.01. The summed E-state index contributed by atoms with van der Waals surface area (Å²) in [5, 5.41) is 3.58. The van der Waals surface area contributed by atoms with Crippen molar-refractivity contribution in [1.29, 1.82) is 0 Å². The van der Waals surface area contributed by atoms with E-state index >= 15 is 0 Å². The summed E-state index contributed by atoms with van der Waals surface area (Å²) >= 11 is 0. The molecule has 90 valence electrons. The molecule has 1 saturated carbocycles. The summed E-state index contributed by atoms with van der Waals surface area (Å²) in [6.45, 7) is 12.5. The minimum absolute atomic E-state index is 0.347. The molecule has 3 N–H and O–H groups in total. The fraction of sp³-hybridized carbons (Fsp3) is 1.00. The van der Waals surface area contributed by atoms with E-state index in [4.69, 9.17) is 5.73 Å². The highest BCUT2D eigenvalue weighted by atomic mass is 15.0. The summed E-state index contributed by atoms with van der Waals surface area (Å²) in [5.41, 5.74) is 6.99. The van der Waals surface area contributed by atoms with Crippen molar-refractivity contribution in [3.63, 3.8) is 0 Å². The Bertz CT molecular complexity index is 203. The van der Waals surface area contributed by atoms with Gasteiger partial charge in [0.05, 0.1) is 0 Å². The molecule has 0 aromatic rings. The van der Waals surface area contributed by atoms with Crippen LogP contribution in [0.1, 0.15) is 53.9 Å². The smallest absolute Gasteiger partial charge is 0.0124 e. The molecule has 0 bridgehead atoms. The Labute approximate surface area is 95.0 Å². The number of hydrogen-bond acceptors (Lipinski definition) is 2. The number of nitrogens with one attached hydrogen (secondary N) is 1. The van der Waals surface area contributed by atoms with Crippen molar-refractivity contribution in [3.05, 3.63) is 0 Å². The second-order valence-corrected chi connectivity index (χ2v) is 7.01. The van der Waals surface area contributed by atoms with Gasteiger partial charge in [0.25, 0.3) is 0 Å². The molecule has 0 radical (unpaired) electrons. The van der Waals surface area contributed by atoms with E-state index in [1.807, 2.05) is 0 Å². The SMILES string of the molecule is CC(C)(C)CC(N)CCNC1CC1(C)C. The molecular weight excluding hydrogens is 184 g/mol. The van der Waals surface area contributed by atoms with Crippen LogP contribution >= 0.6 is 0 Å². The molecule has 2 unspecified atom stereocenters. The van der Waals surface area contributed by atoms with Crippen LogP contribution in [0, 0.1) is 10.8 Å². The van der Waals surface area contributed by atoms with Crippen LogP contribution in [0.3, 0.4) is 0 Å². The molecule has 0 spiro atoms. The van der Waals surface area contributed by atoms with Crippen molar-refractivity contribution in [1.82, 2.24) is 5.32 Å². The van der Waals surface area contributed by atoms with Gasteiger partial charge in [0.1, 0.15) is 0 Å². The van der Waals surface area contributed by atoms with E-state index in [1.54, 1.807) is 0 Å². The highest BCUT2D eigenvalue weighted by Gasteiger charge is 2.44. The van der Waals surface area contributed by atoms with Gasteiger partial charge >= 0.3 is 0 Å². The van der Waals surface area contributed by atoms with Gasteiger partial charge in [0, 0.05) is 12.1 Å². The van der Waals surface area contributed by atoms with Crippen LogP contribution in [0.2, 0.25) is 0 Å². The molecule has 1 aliphatic carbocycles. The zero-order chi connectivity index (χ0) is 11.7. The van der Waals surface area contributed by atoms with E-state index in [0.29, 0.717) is 16.9 Å². The summed E-state index contributed by atoms with van der Waals surface area (Å²) < 4.78 is 0. The Balaban J connectivity index is 2.05. The maximum atomic E-state index is 6.09. The highest BCUT2D eigenvalue weighted by Crippen LogP contribution is 2.44. The average Bonchev–Trinajstić information content (AvgIpc) is 2.54. The number of hydrogen-bond donors (Lipinski definition) is 2. The van der Waals surface area contributed by atoms with Crippen LogP contribution in [0.25, 0.3) is 0 Å². The number of nitrogens with two attached hydrogens (primary N) is 1. The second kappa shape index (κ2) is 4.42. The van der Waals surface area contributed by atoms with Gasteiger partial charge in [0.2, 0.25) is 0 Å². The highest BCUT2D eigenvalue weighted by molar-refractivity contribution is 5.01. The van der Waals surface area contributed by atoms with E-state index in [9.17, 15) is 0 Å². The third kappa shape index (κ3) is 4.98. The van der Waals surface area contributed by atoms with E-state index in [1.165, 1.54) is 6.42 Å². The lowest BCUT2D eigenvalue weighted by Gasteiger charge is -2.23. The summed E-state index contributed by atoms with van der Waals surface area (Å²) in [6, 6.07) is 1.08. The molecule has 1 rings (SSSR count). The maximum Gasteiger partial charge on any atom is 0.0124 e. The van der Waals surface area contributed by atoms with Gasteiger partial charge in [-0.1, -0.05) is 34.6 Å². The predicted octanol–water partition coefficient (Wildman–Crippen LogP) is 2.53. The first-order valence-electron chi connectivity index (χ1n) is 6.20. The Morgan fingerprint density at radius 2 is 1.93 bits per heavy atom. The van der Waals surface area contributed by atoms with Crippen molar-refractivity contribution < 1.29 is 0 Å². The fourth-order valence-corrected chi connectivity index (χ4v) is 2.15. The van der Waals surface area contributed by atoms with Crippen molar-refractivity contribution in [3.8, 4) is 0 Å². The quantitative estimate of drug-likeness (QED) is 0.735. The fourth-order valence-electron chi connectivity index (χ4n) is 2.15. The summed E-state index contributed by atoms with van der Waals surface area (Å²) in [6.07, 6.45) is 3.54. The van der Waals surface area contributed by atoms with Gasteiger partial charge in [-0.25, -0.2) is 0 Å². The van der Waals surface area contributed by atoms with Crippen molar-refractivity contribution in [2.24, 2.45) is 16.6 Å². The van der Waals surface area contributed by atoms with Gasteiger partial charge < -0.3 is 11.1 Å². The lowest BCUT2D eigenvalue weighted by atomic mass is 9.87. The third-order valence-corrected chi connectivity index (χ3v) is 3.29. The van der Waals surface area contributed by atoms with Crippen LogP contribution in [-0.4, -0.2) is 18.6 Å². The van der Waals surface area contributed by atoms with Crippen molar-refractivity contribution in [2.75, 3.05) is 6.54 Å². The molecule has 2 atom stereocenters. The zero-order valence-electron chi connectivity index (χ0n) is 11.1. The normalized spacial score (nSPS) is 26.4. The van der Waals surface area contributed by atoms with E-state index in [-0.39, 0.29) is 0 Å². The molecule has 0 aromatic heterocycles. The topological polar surface area (TPSA) is 38.0 Å². The third-order valence-electron chi connectivity index (χ3n) is 3.29. The summed E-state index contributed by atoms with van der Waals surface area (Å²) in [5.74, 6) is 0. The maximum absolute atomic E-state index is 6.09. The van der Waals surface area contributed by atoms with Gasteiger partial charge in [0.15, 0.2) is 0 Å². The molecule has 2 nitrogen and oxygen atoms in total. The van der Waals surface area contributed by atoms with Crippen molar-refractivity contribution >= 4 is 0 Å². The molecule has 0 aliphatic heterocycles. The monoisotopic (exact) mass is 212 g/mol. The molecular formula is C13H28N2. The first-order valence-corrected chi connectivity index (χ1v) is 6.20. The van der Waals surface area contributed by atoms with Gasteiger partial charge in [-0.2, -0.15) is 0 Å². The molecule has 0 aromatic carbocycles. The van der Waals surface area contributed by atoms with Gasteiger partial charge in [-0.15, -0.1) is 0 Å². The van der Waals surface area contributed by atoms with Crippen LogP contribution in [0.15, 0.2) is 0 Å². The molecule has 0 heterocycles. The van der Waals surface area contributed by atoms with Gasteiger partial charge in [-0.3, -0.25) is 0 Å². The largest absolute Gasteiger partial charge is 0.328 e. The standard InChI is InChI=1S/C13H28N2/c1-12(2,3)8-10(14)6-7-15-11-9-13(11,4)5/h10-11,15H,6-9,14H2,1-5H3. The summed E-state index contributed by atoms with van der Waals surface area (Å²) in [7, 11) is 0. The molecule has 1 aliphatic rings. The molecule has 0 amide bonds. The Kier molecular flexibility index (Phi) is 3.83. The van der Waals surface area contributed by atoms with Crippen LogP contribution in [0.5, 0.6) is 0 Å². The van der Waals surface area contributed by atoms with Crippen LogP contribution in [-0.2, 0) is 0 Å². The van der Waals surface area contributed by atoms with E-state index < -0.39 is 0 Å². The van der Waals surface area contributed by atoms with Crippen molar-refractivity contribution in [2.45, 2.75) is 66.0 Å². The van der Waals surface area contributed by atoms with E-state index in [0.717, 1.165) is 25.4 Å². The molecule has 2 heteroatoms. The Morgan fingerprint density at radius 1 is 1.40 bits per heavy atom. The first-order chi connectivity index (χ1) is 6.71. The predicted molar refractivity (Wildman–Crippen MR) is 66.9 cm³/mol. The molecule has 1 fully saturated rings. The number of rotatable bonds is 5. The summed E-state index contributed by atoms with van der Waals surface area (Å²) in [4.78, 5) is 0. The minimum atomic E-state index is 0.347. The Hall–Kier alpha value is -0.0800. The lowest BCUT2D eigenvalue weighted by Crippen LogP contribution is -2.31. The van der Waals surface area contributed by atoms with Crippen LogP contribution in [0.4, 0.5) is 0 Å². The first kappa shape index (κ1) is 13.0. The van der Waals surface area contributed by atoms with Gasteiger partial charge in [-0.05, 0) is 36.6 Å². The zero-order valence-corrected chi connectivity index (χ0v) is 11.1.